The summed E-state index contributed by atoms with van der Waals surface area (Å²) in [6.07, 6.45) is 0. The van der Waals surface area contributed by atoms with Gasteiger partial charge in [0.2, 0.25) is 0 Å². The van der Waals surface area contributed by atoms with E-state index >= 15 is 0 Å². The van der Waals surface area contributed by atoms with Crippen molar-refractivity contribution in [3.8, 4) is 0 Å². The van der Waals surface area contributed by atoms with Crippen molar-refractivity contribution in [3.63, 3.8) is 0 Å². The standard InChI is InChI=1S/C13H13N.C10H13N.2H2/c1-10(14-2)12-9-5-7-11-6-3-4-8-13(11)12;1-8-6-4-5-7-10(8)9(2)11-3;;/h3-9,14H,1H2,2H3;4-7,11H,2H2,1,3H3;2*1H. The van der Waals surface area contributed by atoms with Crippen LogP contribution in [0, 0.1) is 6.92 Å². The molecule has 2 heteroatoms. The zero-order valence-electron chi connectivity index (χ0n) is 15.3. The predicted octanol–water partition coefficient (Wildman–Crippen LogP) is 5.71. The first-order valence-electron chi connectivity index (χ1n) is 8.36. The Morgan fingerprint density at radius 3 is 1.92 bits per heavy atom. The maximum atomic E-state index is 3.98. The molecule has 0 unspecified atom stereocenters. The van der Waals surface area contributed by atoms with Gasteiger partial charge < -0.3 is 10.6 Å². The molecule has 25 heavy (non-hydrogen) atoms. The quantitative estimate of drug-likeness (QED) is 0.639. The van der Waals surface area contributed by atoms with E-state index < -0.39 is 0 Å². The lowest BCUT2D eigenvalue weighted by Gasteiger charge is -2.08. The van der Waals surface area contributed by atoms with Crippen LogP contribution in [0.2, 0.25) is 0 Å². The van der Waals surface area contributed by atoms with Crippen LogP contribution in [0.3, 0.4) is 0 Å². The SMILES string of the molecule is C=C(NC)c1cccc2ccccc12.C=C(NC)c1ccccc1C.[HH].[HH]. The summed E-state index contributed by atoms with van der Waals surface area (Å²) >= 11 is 0. The summed E-state index contributed by atoms with van der Waals surface area (Å²) in [5.74, 6) is 0. The maximum Gasteiger partial charge on any atom is 0.0344 e. The normalized spacial score (nSPS) is 9.72. The van der Waals surface area contributed by atoms with E-state index in [-0.39, 0.29) is 2.85 Å². The minimum atomic E-state index is 0. The Labute approximate surface area is 153 Å². The second-order valence-corrected chi connectivity index (χ2v) is 5.80. The summed E-state index contributed by atoms with van der Waals surface area (Å²) in [6.45, 7) is 9.96. The van der Waals surface area contributed by atoms with Crippen LogP contribution in [0.5, 0.6) is 0 Å². The molecular formula is C23H30N2. The first-order valence-corrected chi connectivity index (χ1v) is 8.36. The average Bonchev–Trinajstić information content (AvgIpc) is 2.67. The van der Waals surface area contributed by atoms with Crippen LogP contribution in [0.4, 0.5) is 0 Å². The van der Waals surface area contributed by atoms with Gasteiger partial charge >= 0.3 is 0 Å². The third-order valence-electron chi connectivity index (χ3n) is 4.19. The number of nitrogens with one attached hydrogen (secondary N) is 2. The largest absolute Gasteiger partial charge is 0.388 e. The molecule has 0 atom stereocenters. The predicted molar refractivity (Wildman–Crippen MR) is 116 cm³/mol. The van der Waals surface area contributed by atoms with Crippen LogP contribution in [-0.4, -0.2) is 14.1 Å². The highest BCUT2D eigenvalue weighted by atomic mass is 14.8. The van der Waals surface area contributed by atoms with E-state index in [4.69, 9.17) is 0 Å². The van der Waals surface area contributed by atoms with Crippen LogP contribution < -0.4 is 10.6 Å². The molecule has 0 aliphatic heterocycles. The molecule has 0 radical (unpaired) electrons. The molecule has 0 saturated carbocycles. The van der Waals surface area contributed by atoms with Gasteiger partial charge in [-0.15, -0.1) is 0 Å². The van der Waals surface area contributed by atoms with Crippen LogP contribution in [0.1, 0.15) is 19.5 Å². The van der Waals surface area contributed by atoms with Crippen molar-refractivity contribution in [1.29, 1.82) is 0 Å². The monoisotopic (exact) mass is 334 g/mol. The summed E-state index contributed by atoms with van der Waals surface area (Å²) in [6, 6.07) is 22.8. The Morgan fingerprint density at radius 2 is 1.24 bits per heavy atom. The lowest BCUT2D eigenvalue weighted by Crippen LogP contribution is -2.03. The van der Waals surface area contributed by atoms with Crippen LogP contribution in [-0.2, 0) is 0 Å². The fourth-order valence-corrected chi connectivity index (χ4v) is 2.67. The van der Waals surface area contributed by atoms with Gasteiger partial charge in [0, 0.05) is 33.9 Å². The molecule has 0 aliphatic rings. The Morgan fingerprint density at radius 1 is 0.720 bits per heavy atom. The molecule has 0 amide bonds. The van der Waals surface area contributed by atoms with Gasteiger partial charge in [-0.1, -0.05) is 79.9 Å². The Kier molecular flexibility index (Phi) is 6.41. The molecule has 2 nitrogen and oxygen atoms in total. The van der Waals surface area contributed by atoms with Crippen molar-refractivity contribution >= 4 is 22.2 Å². The van der Waals surface area contributed by atoms with Gasteiger partial charge in [0.1, 0.15) is 0 Å². The summed E-state index contributed by atoms with van der Waals surface area (Å²) in [5.41, 5.74) is 5.55. The van der Waals surface area contributed by atoms with E-state index in [9.17, 15) is 0 Å². The summed E-state index contributed by atoms with van der Waals surface area (Å²) < 4.78 is 0. The molecule has 3 aromatic rings. The second kappa shape index (κ2) is 8.74. The van der Waals surface area contributed by atoms with E-state index in [1.807, 2.05) is 32.3 Å². The molecule has 2 N–H and O–H groups in total. The molecule has 0 aliphatic carbocycles. The van der Waals surface area contributed by atoms with Crippen LogP contribution in [0.25, 0.3) is 22.2 Å². The summed E-state index contributed by atoms with van der Waals surface area (Å²) in [5, 5.41) is 8.60. The highest BCUT2D eigenvalue weighted by Gasteiger charge is 2.01. The van der Waals surface area contributed by atoms with E-state index in [1.165, 1.54) is 27.5 Å². The maximum absolute atomic E-state index is 3.98. The van der Waals surface area contributed by atoms with Crippen molar-refractivity contribution in [1.82, 2.24) is 10.6 Å². The summed E-state index contributed by atoms with van der Waals surface area (Å²) in [4.78, 5) is 0. The molecule has 0 saturated heterocycles. The number of rotatable bonds is 4. The fourth-order valence-electron chi connectivity index (χ4n) is 2.67. The minimum absolute atomic E-state index is 0. The second-order valence-electron chi connectivity index (χ2n) is 5.80. The van der Waals surface area contributed by atoms with Gasteiger partial charge in [-0.25, -0.2) is 0 Å². The van der Waals surface area contributed by atoms with Gasteiger partial charge in [0.15, 0.2) is 0 Å². The van der Waals surface area contributed by atoms with E-state index in [0.29, 0.717) is 0 Å². The Balaban J connectivity index is 0.000000479. The molecule has 3 aromatic carbocycles. The average molecular weight is 335 g/mol. The molecule has 0 fully saturated rings. The van der Waals surface area contributed by atoms with Crippen LogP contribution in [0.15, 0.2) is 79.9 Å². The topological polar surface area (TPSA) is 24.1 Å². The highest BCUT2D eigenvalue weighted by molar-refractivity contribution is 5.92. The molecule has 0 heterocycles. The minimum Gasteiger partial charge on any atom is -0.388 e. The summed E-state index contributed by atoms with van der Waals surface area (Å²) in [7, 11) is 3.78. The van der Waals surface area contributed by atoms with Crippen molar-refractivity contribution in [3.05, 3.63) is 96.6 Å². The van der Waals surface area contributed by atoms with Crippen molar-refractivity contribution < 1.29 is 2.85 Å². The number of aryl methyl sites for hydroxylation is 1. The van der Waals surface area contributed by atoms with E-state index in [0.717, 1.165) is 11.4 Å². The van der Waals surface area contributed by atoms with Crippen molar-refractivity contribution in [2.75, 3.05) is 14.1 Å². The molecule has 3 rings (SSSR count). The van der Waals surface area contributed by atoms with Gasteiger partial charge in [-0.05, 0) is 28.8 Å². The first kappa shape index (κ1) is 18.3. The zero-order chi connectivity index (χ0) is 18.2. The van der Waals surface area contributed by atoms with Crippen LogP contribution >= 0.6 is 0 Å². The number of hydrogen-bond acceptors (Lipinski definition) is 2. The van der Waals surface area contributed by atoms with Crippen molar-refractivity contribution in [2.45, 2.75) is 6.92 Å². The van der Waals surface area contributed by atoms with Gasteiger partial charge in [0.25, 0.3) is 0 Å². The lowest BCUT2D eigenvalue weighted by molar-refractivity contribution is 1.12. The van der Waals surface area contributed by atoms with Gasteiger partial charge in [-0.3, -0.25) is 0 Å². The first-order chi connectivity index (χ1) is 12.1. The third-order valence-corrected chi connectivity index (χ3v) is 4.19. The van der Waals surface area contributed by atoms with Crippen molar-refractivity contribution in [2.24, 2.45) is 0 Å². The highest BCUT2D eigenvalue weighted by Crippen LogP contribution is 2.22. The fraction of sp³-hybridized carbons (Fsp3) is 0.130. The zero-order valence-corrected chi connectivity index (χ0v) is 15.3. The van der Waals surface area contributed by atoms with Gasteiger partial charge in [-0.2, -0.15) is 0 Å². The van der Waals surface area contributed by atoms with E-state index in [2.05, 4.69) is 79.2 Å². The number of hydrogen-bond donors (Lipinski definition) is 2. The third kappa shape index (κ3) is 4.51. The Hall–Kier alpha value is -3.00. The van der Waals surface area contributed by atoms with Gasteiger partial charge in [0.05, 0.1) is 0 Å². The number of benzene rings is 3. The smallest absolute Gasteiger partial charge is 0.0344 e. The van der Waals surface area contributed by atoms with E-state index in [1.54, 1.807) is 0 Å². The Bertz CT molecular complexity index is 883. The molecule has 0 bridgehead atoms. The lowest BCUT2D eigenvalue weighted by atomic mass is 10.0. The molecular weight excluding hydrogens is 304 g/mol. The molecule has 132 valence electrons. The molecule has 0 spiro atoms. The molecule has 0 aromatic heterocycles. The number of fused-ring (bicyclic) bond motifs is 1.